The molecule has 7 heteroatoms. The highest BCUT2D eigenvalue weighted by Gasteiger charge is 2.20. The lowest BCUT2D eigenvalue weighted by molar-refractivity contribution is 0.102. The Morgan fingerprint density at radius 2 is 1.74 bits per heavy atom. The first-order chi connectivity index (χ1) is 15.2. The molecule has 0 unspecified atom stereocenters. The summed E-state index contributed by atoms with van der Waals surface area (Å²) >= 11 is 0. The summed E-state index contributed by atoms with van der Waals surface area (Å²) in [4.78, 5) is 17.5. The zero-order valence-electron chi connectivity index (χ0n) is 16.5. The van der Waals surface area contributed by atoms with Crippen molar-refractivity contribution < 1.29 is 18.5 Å². The van der Waals surface area contributed by atoms with Crippen LogP contribution >= 0.6 is 0 Å². The first kappa shape index (κ1) is 18.6. The lowest BCUT2D eigenvalue weighted by atomic mass is 10.1. The number of hydrogen-bond acceptors (Lipinski definition) is 6. The Morgan fingerprint density at radius 1 is 0.968 bits per heavy atom. The van der Waals surface area contributed by atoms with Gasteiger partial charge in [-0.1, -0.05) is 23.4 Å². The minimum atomic E-state index is -0.303. The van der Waals surface area contributed by atoms with Crippen LogP contribution in [0, 0.1) is 6.92 Å². The molecule has 31 heavy (non-hydrogen) atoms. The zero-order valence-corrected chi connectivity index (χ0v) is 16.5. The van der Waals surface area contributed by atoms with E-state index in [1.165, 1.54) is 0 Å². The van der Waals surface area contributed by atoms with E-state index in [1.807, 2.05) is 30.3 Å². The molecular weight excluding hydrogens is 394 g/mol. The molecule has 0 bridgehead atoms. The Morgan fingerprint density at radius 3 is 2.48 bits per heavy atom. The van der Waals surface area contributed by atoms with Crippen molar-refractivity contribution in [3.8, 4) is 23.0 Å². The van der Waals surface area contributed by atoms with Crippen molar-refractivity contribution in [2.45, 2.75) is 6.92 Å². The smallest absolute Gasteiger partial charge is 0.259 e. The molecule has 3 heterocycles. The molecule has 0 aliphatic carbocycles. The van der Waals surface area contributed by atoms with Gasteiger partial charge in [0.15, 0.2) is 5.76 Å². The molecule has 5 aromatic rings. The van der Waals surface area contributed by atoms with Crippen LogP contribution in [-0.4, -0.2) is 16.0 Å². The predicted octanol–water partition coefficient (Wildman–Crippen LogP) is 5.84. The van der Waals surface area contributed by atoms with Crippen LogP contribution in [0.1, 0.15) is 16.1 Å². The minimum Gasteiger partial charge on any atom is -0.463 e. The van der Waals surface area contributed by atoms with Gasteiger partial charge in [-0.05, 0) is 61.5 Å². The number of carbonyl (C=O) groups excluding carboxylic acids is 1. The van der Waals surface area contributed by atoms with E-state index in [1.54, 1.807) is 55.7 Å². The Kier molecular flexibility index (Phi) is 4.68. The molecule has 3 aromatic heterocycles. The van der Waals surface area contributed by atoms with E-state index < -0.39 is 0 Å². The second-order valence-corrected chi connectivity index (χ2v) is 6.87. The number of anilines is 1. The molecule has 0 atom stereocenters. The van der Waals surface area contributed by atoms with Crippen molar-refractivity contribution >= 4 is 22.7 Å². The molecule has 0 saturated heterocycles. The number of hydrogen-bond donors (Lipinski definition) is 1. The molecule has 1 amide bonds. The highest BCUT2D eigenvalue weighted by atomic mass is 16.5. The molecule has 1 N–H and O–H groups in total. The highest BCUT2D eigenvalue weighted by molar-refractivity contribution is 6.12. The summed E-state index contributed by atoms with van der Waals surface area (Å²) in [7, 11) is 0. The van der Waals surface area contributed by atoms with Gasteiger partial charge in [0.05, 0.1) is 22.9 Å². The molecule has 5 rings (SSSR count). The predicted molar refractivity (Wildman–Crippen MR) is 115 cm³/mol. The van der Waals surface area contributed by atoms with E-state index in [2.05, 4.69) is 15.5 Å². The molecule has 152 valence electrons. The molecule has 0 aliphatic heterocycles. The molecule has 0 fully saturated rings. The van der Waals surface area contributed by atoms with Gasteiger partial charge in [0.2, 0.25) is 0 Å². The van der Waals surface area contributed by atoms with E-state index in [0.29, 0.717) is 39.5 Å². The fourth-order valence-corrected chi connectivity index (χ4v) is 3.25. The fourth-order valence-electron chi connectivity index (χ4n) is 3.25. The number of benzene rings is 2. The summed E-state index contributed by atoms with van der Waals surface area (Å²) in [5.41, 5.74) is 2.39. The average molecular weight is 411 g/mol. The molecule has 7 nitrogen and oxygen atoms in total. The minimum absolute atomic E-state index is 0.281. The number of furan rings is 1. The maximum Gasteiger partial charge on any atom is 0.259 e. The summed E-state index contributed by atoms with van der Waals surface area (Å²) in [5.74, 6) is 1.65. The van der Waals surface area contributed by atoms with Gasteiger partial charge in [0.1, 0.15) is 17.2 Å². The van der Waals surface area contributed by atoms with Gasteiger partial charge < -0.3 is 19.0 Å². The number of para-hydroxylation sites is 1. The SMILES string of the molecule is Cc1noc2nc(-c3ccco3)cc(C(=O)Nc3ccc(Oc4ccccc4)cc3)c12. The fraction of sp³-hybridized carbons (Fsp3) is 0.0417. The standard InChI is InChI=1S/C24H17N3O4/c1-15-22-19(14-20(21-8-5-13-29-21)26-24(22)31-27-15)23(28)25-16-9-11-18(12-10-16)30-17-6-3-2-4-7-17/h2-14H,1H3,(H,25,28). The molecule has 0 radical (unpaired) electrons. The number of amides is 1. The maximum atomic E-state index is 13.1. The van der Waals surface area contributed by atoms with Gasteiger partial charge in [-0.25, -0.2) is 4.98 Å². The molecule has 2 aromatic carbocycles. The number of carbonyl (C=O) groups is 1. The number of rotatable bonds is 5. The number of nitrogens with zero attached hydrogens (tertiary/aromatic N) is 2. The molecule has 0 spiro atoms. The van der Waals surface area contributed by atoms with Gasteiger partial charge in [-0.3, -0.25) is 4.79 Å². The Bertz CT molecular complexity index is 1340. The van der Waals surface area contributed by atoms with Crippen molar-refractivity contribution in [3.63, 3.8) is 0 Å². The van der Waals surface area contributed by atoms with E-state index in [0.717, 1.165) is 5.75 Å². The van der Waals surface area contributed by atoms with E-state index in [9.17, 15) is 4.79 Å². The molecule has 0 aliphatic rings. The van der Waals surface area contributed by atoms with Gasteiger partial charge >= 0.3 is 0 Å². The third-order valence-corrected chi connectivity index (χ3v) is 4.73. The third-order valence-electron chi connectivity index (χ3n) is 4.73. The first-order valence-electron chi connectivity index (χ1n) is 9.62. The monoisotopic (exact) mass is 411 g/mol. The number of aryl methyl sites for hydroxylation is 1. The van der Waals surface area contributed by atoms with Gasteiger partial charge in [-0.15, -0.1) is 0 Å². The van der Waals surface area contributed by atoms with Crippen LogP contribution in [-0.2, 0) is 0 Å². The van der Waals surface area contributed by atoms with Crippen LogP contribution in [0.5, 0.6) is 11.5 Å². The Balaban J connectivity index is 1.42. The summed E-state index contributed by atoms with van der Waals surface area (Å²) in [6.07, 6.45) is 1.55. The summed E-state index contributed by atoms with van der Waals surface area (Å²) in [5, 5.41) is 7.43. The van der Waals surface area contributed by atoms with Crippen LogP contribution < -0.4 is 10.1 Å². The third kappa shape index (κ3) is 3.76. The first-order valence-corrected chi connectivity index (χ1v) is 9.62. The average Bonchev–Trinajstić information content (AvgIpc) is 3.46. The van der Waals surface area contributed by atoms with Crippen LogP contribution in [0.4, 0.5) is 5.69 Å². The normalized spacial score (nSPS) is 10.9. The topological polar surface area (TPSA) is 90.4 Å². The number of pyridine rings is 1. The number of nitrogens with one attached hydrogen (secondary N) is 1. The van der Waals surface area contributed by atoms with Crippen LogP contribution in [0.2, 0.25) is 0 Å². The number of aromatic nitrogens is 2. The summed E-state index contributed by atoms with van der Waals surface area (Å²) in [6.45, 7) is 1.77. The van der Waals surface area contributed by atoms with Crippen LogP contribution in [0.25, 0.3) is 22.6 Å². The van der Waals surface area contributed by atoms with E-state index >= 15 is 0 Å². The van der Waals surface area contributed by atoms with E-state index in [4.69, 9.17) is 13.7 Å². The molecular formula is C24H17N3O4. The van der Waals surface area contributed by atoms with Crippen molar-refractivity contribution in [2.75, 3.05) is 5.32 Å². The Hall–Kier alpha value is -4.39. The summed E-state index contributed by atoms with van der Waals surface area (Å²) in [6, 6.07) is 21.8. The summed E-state index contributed by atoms with van der Waals surface area (Å²) < 4.78 is 16.5. The lowest BCUT2D eigenvalue weighted by Crippen LogP contribution is -2.13. The van der Waals surface area contributed by atoms with Gasteiger partial charge in [0, 0.05) is 5.69 Å². The van der Waals surface area contributed by atoms with Crippen molar-refractivity contribution in [3.05, 3.63) is 90.3 Å². The van der Waals surface area contributed by atoms with Gasteiger partial charge in [-0.2, -0.15) is 0 Å². The maximum absolute atomic E-state index is 13.1. The lowest BCUT2D eigenvalue weighted by Gasteiger charge is -2.09. The second-order valence-electron chi connectivity index (χ2n) is 6.87. The van der Waals surface area contributed by atoms with Crippen LogP contribution in [0.3, 0.4) is 0 Å². The zero-order chi connectivity index (χ0) is 21.2. The quantitative estimate of drug-likeness (QED) is 0.391. The van der Waals surface area contributed by atoms with Gasteiger partial charge in [0.25, 0.3) is 11.6 Å². The number of ether oxygens (including phenoxy) is 1. The molecule has 0 saturated carbocycles. The largest absolute Gasteiger partial charge is 0.463 e. The Labute approximate surface area is 177 Å². The van der Waals surface area contributed by atoms with Crippen molar-refractivity contribution in [1.82, 2.24) is 10.1 Å². The highest BCUT2D eigenvalue weighted by Crippen LogP contribution is 2.28. The van der Waals surface area contributed by atoms with Crippen molar-refractivity contribution in [2.24, 2.45) is 0 Å². The number of fused-ring (bicyclic) bond motifs is 1. The second kappa shape index (κ2) is 7.79. The van der Waals surface area contributed by atoms with E-state index in [-0.39, 0.29) is 11.6 Å². The van der Waals surface area contributed by atoms with Crippen LogP contribution in [0.15, 0.2) is 88.0 Å². The van der Waals surface area contributed by atoms with Crippen molar-refractivity contribution in [1.29, 1.82) is 0 Å².